The van der Waals surface area contributed by atoms with Crippen molar-refractivity contribution in [2.24, 2.45) is 0 Å². The maximum absolute atomic E-state index is 12.5. The summed E-state index contributed by atoms with van der Waals surface area (Å²) in [6, 6.07) is 13.6. The molecule has 0 radical (unpaired) electrons. The standard InChI is InChI=1S/C23H28O3/c1-2-3-4-5-6-7-10-16-25-23(24)19-13-11-15-22-20(19)17-18-12-8-9-14-21(18)26-22/h8-9,11-15H,2-7,10,16-17H2,1H3. The molecule has 0 aromatic heterocycles. The summed E-state index contributed by atoms with van der Waals surface area (Å²) in [7, 11) is 0. The number of carbonyl (C=O) groups excluding carboxylic acids is 1. The van der Waals surface area contributed by atoms with Gasteiger partial charge in [-0.05, 0) is 30.2 Å². The van der Waals surface area contributed by atoms with Gasteiger partial charge in [-0.15, -0.1) is 0 Å². The average Bonchev–Trinajstić information content (AvgIpc) is 2.67. The van der Waals surface area contributed by atoms with Crippen LogP contribution in [0.2, 0.25) is 0 Å². The molecule has 138 valence electrons. The van der Waals surface area contributed by atoms with Gasteiger partial charge in [0.15, 0.2) is 0 Å². The van der Waals surface area contributed by atoms with Crippen molar-refractivity contribution in [2.45, 2.75) is 58.3 Å². The summed E-state index contributed by atoms with van der Waals surface area (Å²) in [4.78, 5) is 12.5. The van der Waals surface area contributed by atoms with E-state index in [0.29, 0.717) is 18.6 Å². The molecule has 0 bridgehead atoms. The minimum absolute atomic E-state index is 0.240. The highest BCUT2D eigenvalue weighted by molar-refractivity contribution is 5.92. The highest BCUT2D eigenvalue weighted by atomic mass is 16.5. The molecule has 0 saturated carbocycles. The Balaban J connectivity index is 1.52. The fraction of sp³-hybridized carbons (Fsp3) is 0.435. The number of carbonyl (C=O) groups is 1. The topological polar surface area (TPSA) is 35.5 Å². The molecule has 26 heavy (non-hydrogen) atoms. The van der Waals surface area contributed by atoms with E-state index in [1.165, 1.54) is 32.1 Å². The number of hydrogen-bond acceptors (Lipinski definition) is 3. The fourth-order valence-corrected chi connectivity index (χ4v) is 3.39. The fourth-order valence-electron chi connectivity index (χ4n) is 3.39. The third-order valence-electron chi connectivity index (χ3n) is 4.89. The predicted octanol–water partition coefficient (Wildman–Crippen LogP) is 6.29. The van der Waals surface area contributed by atoms with Crippen LogP contribution in [0, 0.1) is 0 Å². The third kappa shape index (κ3) is 4.66. The van der Waals surface area contributed by atoms with Crippen molar-refractivity contribution in [3.05, 3.63) is 59.2 Å². The van der Waals surface area contributed by atoms with Gasteiger partial charge < -0.3 is 9.47 Å². The lowest BCUT2D eigenvalue weighted by Gasteiger charge is -2.21. The Labute approximate surface area is 156 Å². The minimum Gasteiger partial charge on any atom is -0.462 e. The SMILES string of the molecule is CCCCCCCCCOC(=O)c1cccc2c1Cc1ccccc1O2. The molecule has 0 fully saturated rings. The number of benzene rings is 2. The minimum atomic E-state index is -0.240. The van der Waals surface area contributed by atoms with Gasteiger partial charge in [-0.3, -0.25) is 0 Å². The van der Waals surface area contributed by atoms with E-state index in [1.807, 2.05) is 42.5 Å². The van der Waals surface area contributed by atoms with Crippen molar-refractivity contribution in [1.29, 1.82) is 0 Å². The molecule has 3 heteroatoms. The van der Waals surface area contributed by atoms with E-state index in [-0.39, 0.29) is 5.97 Å². The number of ether oxygens (including phenoxy) is 2. The molecule has 1 aliphatic heterocycles. The average molecular weight is 352 g/mol. The van der Waals surface area contributed by atoms with Crippen LogP contribution in [0.5, 0.6) is 11.5 Å². The van der Waals surface area contributed by atoms with Crippen molar-refractivity contribution in [3.63, 3.8) is 0 Å². The Bertz CT molecular complexity index is 736. The van der Waals surface area contributed by atoms with Crippen LogP contribution in [0.25, 0.3) is 0 Å². The van der Waals surface area contributed by atoms with E-state index < -0.39 is 0 Å². The van der Waals surface area contributed by atoms with Crippen molar-refractivity contribution in [2.75, 3.05) is 6.61 Å². The van der Waals surface area contributed by atoms with Crippen LogP contribution in [-0.4, -0.2) is 12.6 Å². The molecule has 0 unspecified atom stereocenters. The molecule has 2 aromatic carbocycles. The van der Waals surface area contributed by atoms with Gasteiger partial charge in [0.1, 0.15) is 11.5 Å². The largest absolute Gasteiger partial charge is 0.462 e. The molecule has 2 aromatic rings. The molecule has 3 rings (SSSR count). The van der Waals surface area contributed by atoms with Gasteiger partial charge in [0.05, 0.1) is 12.2 Å². The Morgan fingerprint density at radius 2 is 1.65 bits per heavy atom. The maximum Gasteiger partial charge on any atom is 0.338 e. The van der Waals surface area contributed by atoms with Gasteiger partial charge in [-0.2, -0.15) is 0 Å². The Kier molecular flexibility index (Phi) is 6.70. The van der Waals surface area contributed by atoms with E-state index in [0.717, 1.165) is 35.5 Å². The van der Waals surface area contributed by atoms with Gasteiger partial charge in [-0.25, -0.2) is 4.79 Å². The van der Waals surface area contributed by atoms with Crippen LogP contribution in [0.4, 0.5) is 0 Å². The lowest BCUT2D eigenvalue weighted by Crippen LogP contribution is -2.13. The van der Waals surface area contributed by atoms with Crippen molar-refractivity contribution in [1.82, 2.24) is 0 Å². The number of unbranched alkanes of at least 4 members (excludes halogenated alkanes) is 6. The number of fused-ring (bicyclic) bond motifs is 2. The van der Waals surface area contributed by atoms with Crippen LogP contribution >= 0.6 is 0 Å². The predicted molar refractivity (Wildman–Crippen MR) is 104 cm³/mol. The quantitative estimate of drug-likeness (QED) is 0.335. The van der Waals surface area contributed by atoms with E-state index >= 15 is 0 Å². The molecule has 0 N–H and O–H groups in total. The monoisotopic (exact) mass is 352 g/mol. The number of para-hydroxylation sites is 1. The normalized spacial score (nSPS) is 12.0. The first-order valence-corrected chi connectivity index (χ1v) is 9.84. The molecule has 1 aliphatic rings. The van der Waals surface area contributed by atoms with Gasteiger partial charge in [0.25, 0.3) is 0 Å². The summed E-state index contributed by atoms with van der Waals surface area (Å²) in [6.45, 7) is 2.72. The summed E-state index contributed by atoms with van der Waals surface area (Å²) in [6.07, 6.45) is 9.18. The second-order valence-corrected chi connectivity index (χ2v) is 6.93. The lowest BCUT2D eigenvalue weighted by atomic mass is 9.96. The zero-order valence-electron chi connectivity index (χ0n) is 15.6. The first-order valence-electron chi connectivity index (χ1n) is 9.84. The molecule has 1 heterocycles. The number of hydrogen-bond donors (Lipinski definition) is 0. The third-order valence-corrected chi connectivity index (χ3v) is 4.89. The van der Waals surface area contributed by atoms with Crippen LogP contribution in [0.15, 0.2) is 42.5 Å². The highest BCUT2D eigenvalue weighted by Crippen LogP contribution is 2.37. The zero-order valence-corrected chi connectivity index (χ0v) is 15.6. The first kappa shape index (κ1) is 18.5. The summed E-state index contributed by atoms with van der Waals surface area (Å²) in [5.74, 6) is 1.39. The summed E-state index contributed by atoms with van der Waals surface area (Å²) < 4.78 is 11.5. The Morgan fingerprint density at radius 3 is 2.50 bits per heavy atom. The summed E-state index contributed by atoms with van der Waals surface area (Å²) >= 11 is 0. The van der Waals surface area contributed by atoms with Crippen LogP contribution in [0.3, 0.4) is 0 Å². The Hall–Kier alpha value is -2.29. The first-order chi connectivity index (χ1) is 12.8. The second-order valence-electron chi connectivity index (χ2n) is 6.93. The van der Waals surface area contributed by atoms with Crippen molar-refractivity contribution in [3.8, 4) is 11.5 Å². The zero-order chi connectivity index (χ0) is 18.2. The van der Waals surface area contributed by atoms with E-state index in [1.54, 1.807) is 0 Å². The van der Waals surface area contributed by atoms with Gasteiger partial charge in [-0.1, -0.05) is 69.7 Å². The van der Waals surface area contributed by atoms with Crippen molar-refractivity contribution >= 4 is 5.97 Å². The molecule has 0 aliphatic carbocycles. The van der Waals surface area contributed by atoms with E-state index in [4.69, 9.17) is 9.47 Å². The summed E-state index contributed by atoms with van der Waals surface area (Å²) in [5, 5.41) is 0. The van der Waals surface area contributed by atoms with Crippen LogP contribution in [-0.2, 0) is 11.2 Å². The molecule has 0 atom stereocenters. The Morgan fingerprint density at radius 1 is 0.923 bits per heavy atom. The van der Waals surface area contributed by atoms with Gasteiger partial charge >= 0.3 is 5.97 Å². The van der Waals surface area contributed by atoms with Crippen LogP contribution in [0.1, 0.15) is 73.4 Å². The lowest BCUT2D eigenvalue weighted by molar-refractivity contribution is 0.0496. The van der Waals surface area contributed by atoms with Crippen molar-refractivity contribution < 1.29 is 14.3 Å². The number of rotatable bonds is 9. The molecule has 0 amide bonds. The van der Waals surface area contributed by atoms with E-state index in [2.05, 4.69) is 6.92 Å². The second kappa shape index (κ2) is 9.42. The van der Waals surface area contributed by atoms with Gasteiger partial charge in [0.2, 0.25) is 0 Å². The molecule has 0 spiro atoms. The molecular weight excluding hydrogens is 324 g/mol. The molecule has 3 nitrogen and oxygen atoms in total. The molecule has 0 saturated heterocycles. The number of esters is 1. The smallest absolute Gasteiger partial charge is 0.338 e. The van der Waals surface area contributed by atoms with E-state index in [9.17, 15) is 4.79 Å². The van der Waals surface area contributed by atoms with Gasteiger partial charge in [0, 0.05) is 12.0 Å². The highest BCUT2D eigenvalue weighted by Gasteiger charge is 2.22. The van der Waals surface area contributed by atoms with Crippen LogP contribution < -0.4 is 4.74 Å². The summed E-state index contributed by atoms with van der Waals surface area (Å²) in [5.41, 5.74) is 2.66. The molecular formula is C23H28O3. The maximum atomic E-state index is 12.5.